The Bertz CT molecular complexity index is 379. The van der Waals surface area contributed by atoms with Crippen LogP contribution in [0, 0.1) is 0 Å². The van der Waals surface area contributed by atoms with Crippen LogP contribution in [0.5, 0.6) is 0 Å². The zero-order chi connectivity index (χ0) is 12.7. The van der Waals surface area contributed by atoms with E-state index in [1.165, 1.54) is 12.0 Å². The topological polar surface area (TPSA) is 58.6 Å². The molecule has 0 saturated heterocycles. The summed E-state index contributed by atoms with van der Waals surface area (Å²) in [6, 6.07) is 9.30. The Morgan fingerprint density at radius 1 is 1.29 bits per heavy atom. The van der Waals surface area contributed by atoms with Crippen LogP contribution >= 0.6 is 0 Å². The van der Waals surface area contributed by atoms with E-state index >= 15 is 0 Å². The summed E-state index contributed by atoms with van der Waals surface area (Å²) in [7, 11) is 2.95. The summed E-state index contributed by atoms with van der Waals surface area (Å²) >= 11 is 0. The van der Waals surface area contributed by atoms with Crippen LogP contribution in [0.4, 0.5) is 4.79 Å². The first kappa shape index (κ1) is 13.0. The maximum Gasteiger partial charge on any atom is 0.325 e. The van der Waals surface area contributed by atoms with Crippen molar-refractivity contribution >= 4 is 12.0 Å². The molecule has 0 atom stereocenters. The van der Waals surface area contributed by atoms with Crippen LogP contribution < -0.4 is 5.32 Å². The second-order valence-electron chi connectivity index (χ2n) is 3.58. The van der Waals surface area contributed by atoms with Crippen LogP contribution in [0.2, 0.25) is 0 Å². The first-order valence-corrected chi connectivity index (χ1v) is 5.23. The summed E-state index contributed by atoms with van der Waals surface area (Å²) in [5.41, 5.74) is 1.03. The molecule has 17 heavy (non-hydrogen) atoms. The van der Waals surface area contributed by atoms with Crippen LogP contribution in [0.15, 0.2) is 30.3 Å². The van der Waals surface area contributed by atoms with Gasteiger partial charge in [-0.25, -0.2) is 4.79 Å². The molecular formula is C12H16N2O3. The summed E-state index contributed by atoms with van der Waals surface area (Å²) in [5, 5.41) is 2.47. The maximum atomic E-state index is 11.6. The third-order valence-corrected chi connectivity index (χ3v) is 2.22. The summed E-state index contributed by atoms with van der Waals surface area (Å²) in [5.74, 6) is -0.466. The van der Waals surface area contributed by atoms with Crippen molar-refractivity contribution in [2.24, 2.45) is 0 Å². The number of nitrogens with one attached hydrogen (secondary N) is 1. The molecule has 1 aromatic rings. The van der Waals surface area contributed by atoms with Gasteiger partial charge in [0.1, 0.15) is 6.54 Å². The molecule has 0 aromatic heterocycles. The zero-order valence-corrected chi connectivity index (χ0v) is 9.97. The molecule has 0 aliphatic rings. The molecule has 0 fully saturated rings. The van der Waals surface area contributed by atoms with Crippen molar-refractivity contribution in [3.8, 4) is 0 Å². The molecule has 1 aromatic carbocycles. The highest BCUT2D eigenvalue weighted by Gasteiger charge is 2.10. The zero-order valence-electron chi connectivity index (χ0n) is 9.97. The largest absolute Gasteiger partial charge is 0.468 e. The van der Waals surface area contributed by atoms with Gasteiger partial charge in [0.15, 0.2) is 0 Å². The Morgan fingerprint density at radius 3 is 2.53 bits per heavy atom. The third-order valence-electron chi connectivity index (χ3n) is 2.22. The lowest BCUT2D eigenvalue weighted by Gasteiger charge is -2.17. The second kappa shape index (κ2) is 6.52. The van der Waals surface area contributed by atoms with Gasteiger partial charge in [0.25, 0.3) is 0 Å². The van der Waals surface area contributed by atoms with E-state index in [1.54, 1.807) is 7.05 Å². The van der Waals surface area contributed by atoms with Gasteiger partial charge in [0.2, 0.25) is 0 Å². The van der Waals surface area contributed by atoms with Crippen LogP contribution in [0.25, 0.3) is 0 Å². The Kier molecular flexibility index (Phi) is 5.00. The Balaban J connectivity index is 2.40. The molecule has 5 heteroatoms. The number of hydrogen-bond acceptors (Lipinski definition) is 3. The van der Waals surface area contributed by atoms with Gasteiger partial charge in [-0.15, -0.1) is 0 Å². The van der Waals surface area contributed by atoms with Gasteiger partial charge in [-0.3, -0.25) is 4.79 Å². The smallest absolute Gasteiger partial charge is 0.325 e. The van der Waals surface area contributed by atoms with Gasteiger partial charge >= 0.3 is 12.0 Å². The van der Waals surface area contributed by atoms with Crippen molar-refractivity contribution in [1.82, 2.24) is 10.2 Å². The van der Waals surface area contributed by atoms with E-state index < -0.39 is 5.97 Å². The molecule has 0 bridgehead atoms. The number of esters is 1. The maximum absolute atomic E-state index is 11.6. The minimum Gasteiger partial charge on any atom is -0.468 e. The fraction of sp³-hybridized carbons (Fsp3) is 0.333. The number of carbonyl (C=O) groups is 2. The van der Waals surface area contributed by atoms with Crippen LogP contribution in [-0.2, 0) is 16.1 Å². The molecule has 0 unspecified atom stereocenters. The Labute approximate surface area is 100 Å². The summed E-state index contributed by atoms with van der Waals surface area (Å²) < 4.78 is 4.43. The highest BCUT2D eigenvalue weighted by atomic mass is 16.5. The first-order valence-electron chi connectivity index (χ1n) is 5.23. The minimum absolute atomic E-state index is 0.117. The van der Waals surface area contributed by atoms with Gasteiger partial charge < -0.3 is 15.0 Å². The normalized spacial score (nSPS) is 9.53. The number of urea groups is 1. The molecule has 92 valence electrons. The lowest BCUT2D eigenvalue weighted by Crippen LogP contribution is -2.39. The third kappa shape index (κ3) is 4.55. The van der Waals surface area contributed by atoms with E-state index in [-0.39, 0.29) is 12.6 Å². The van der Waals surface area contributed by atoms with Crippen LogP contribution in [-0.4, -0.2) is 37.6 Å². The molecule has 5 nitrogen and oxygen atoms in total. The first-order chi connectivity index (χ1) is 8.13. The molecule has 2 amide bonds. The summed E-state index contributed by atoms with van der Waals surface area (Å²) in [4.78, 5) is 23.9. The molecule has 0 heterocycles. The predicted octanol–water partition coefficient (Wildman–Crippen LogP) is 1.00. The fourth-order valence-electron chi connectivity index (χ4n) is 1.28. The number of hydrogen-bond donors (Lipinski definition) is 1. The Hall–Kier alpha value is -2.04. The van der Waals surface area contributed by atoms with E-state index in [9.17, 15) is 9.59 Å². The second-order valence-corrected chi connectivity index (χ2v) is 3.58. The Morgan fingerprint density at radius 2 is 1.94 bits per heavy atom. The molecule has 1 N–H and O–H groups in total. The van der Waals surface area contributed by atoms with Crippen molar-refractivity contribution in [2.75, 3.05) is 20.7 Å². The number of nitrogens with zero attached hydrogens (tertiary/aromatic N) is 1. The number of ether oxygens (including phenoxy) is 1. The number of rotatable bonds is 4. The lowest BCUT2D eigenvalue weighted by atomic mass is 10.2. The van der Waals surface area contributed by atoms with E-state index in [1.807, 2.05) is 30.3 Å². The van der Waals surface area contributed by atoms with Gasteiger partial charge in [-0.2, -0.15) is 0 Å². The predicted molar refractivity (Wildman–Crippen MR) is 63.3 cm³/mol. The van der Waals surface area contributed by atoms with E-state index in [0.717, 1.165) is 5.56 Å². The summed E-state index contributed by atoms with van der Waals surface area (Å²) in [6.45, 7) is 0.377. The number of carbonyl (C=O) groups excluding carboxylic acids is 2. The number of methoxy groups -OCH3 is 1. The number of amides is 2. The monoisotopic (exact) mass is 236 g/mol. The van der Waals surface area contributed by atoms with E-state index in [4.69, 9.17) is 0 Å². The van der Waals surface area contributed by atoms with E-state index in [2.05, 4.69) is 10.1 Å². The average Bonchev–Trinajstić information content (AvgIpc) is 2.36. The van der Waals surface area contributed by atoms with Crippen molar-refractivity contribution in [3.05, 3.63) is 35.9 Å². The molecule has 1 rings (SSSR count). The molecule has 0 aliphatic heterocycles. The van der Waals surface area contributed by atoms with Gasteiger partial charge in [0.05, 0.1) is 7.11 Å². The molecule has 0 spiro atoms. The van der Waals surface area contributed by atoms with Crippen molar-refractivity contribution < 1.29 is 14.3 Å². The van der Waals surface area contributed by atoms with Crippen LogP contribution in [0.1, 0.15) is 5.56 Å². The molecule has 0 aliphatic carbocycles. The average molecular weight is 236 g/mol. The molecule has 0 radical (unpaired) electrons. The molecular weight excluding hydrogens is 220 g/mol. The molecule has 0 saturated carbocycles. The van der Waals surface area contributed by atoms with E-state index in [0.29, 0.717) is 6.54 Å². The highest BCUT2D eigenvalue weighted by Crippen LogP contribution is 2.02. The SMILES string of the molecule is COC(=O)CNC(=O)N(C)Cc1ccccc1. The summed E-state index contributed by atoms with van der Waals surface area (Å²) in [6.07, 6.45) is 0. The fourth-order valence-corrected chi connectivity index (χ4v) is 1.28. The van der Waals surface area contributed by atoms with Crippen molar-refractivity contribution in [3.63, 3.8) is 0 Å². The van der Waals surface area contributed by atoms with Crippen LogP contribution in [0.3, 0.4) is 0 Å². The van der Waals surface area contributed by atoms with Crippen molar-refractivity contribution in [2.45, 2.75) is 6.54 Å². The van der Waals surface area contributed by atoms with Gasteiger partial charge in [-0.1, -0.05) is 30.3 Å². The minimum atomic E-state index is -0.466. The highest BCUT2D eigenvalue weighted by molar-refractivity contribution is 5.80. The quantitative estimate of drug-likeness (QED) is 0.793. The standard InChI is InChI=1S/C12H16N2O3/c1-14(9-10-6-4-3-5-7-10)12(16)13-8-11(15)17-2/h3-7H,8-9H2,1-2H3,(H,13,16). The van der Waals surface area contributed by atoms with Gasteiger partial charge in [-0.05, 0) is 5.56 Å². The van der Waals surface area contributed by atoms with Gasteiger partial charge in [0, 0.05) is 13.6 Å². The number of benzene rings is 1. The van der Waals surface area contributed by atoms with Crippen molar-refractivity contribution in [1.29, 1.82) is 0 Å². The lowest BCUT2D eigenvalue weighted by molar-refractivity contribution is -0.139.